The second-order valence-corrected chi connectivity index (χ2v) is 2.76. The summed E-state index contributed by atoms with van der Waals surface area (Å²) >= 11 is 0. The molecule has 0 aliphatic heterocycles. The Morgan fingerprint density at radius 1 is 0.722 bits per heavy atom. The van der Waals surface area contributed by atoms with Crippen LogP contribution in [0.1, 0.15) is 11.1 Å². The Labute approximate surface area is 130 Å². The Bertz CT molecular complexity index is 347. The molecule has 0 amide bonds. The molecule has 0 aliphatic rings. The van der Waals surface area contributed by atoms with E-state index in [2.05, 4.69) is 0 Å². The minimum absolute atomic E-state index is 0. The Hall–Kier alpha value is 0.0631. The summed E-state index contributed by atoms with van der Waals surface area (Å²) in [5.41, 5.74) is -3.07. The van der Waals surface area contributed by atoms with Crippen molar-refractivity contribution in [3.63, 3.8) is 0 Å². The van der Waals surface area contributed by atoms with Crippen LogP contribution in [0.4, 0.5) is 26.3 Å². The molecule has 0 unspecified atom stereocenters. The first-order valence-corrected chi connectivity index (χ1v) is 3.59. The minimum Gasteiger partial charge on any atom is -0.508 e. The van der Waals surface area contributed by atoms with Gasteiger partial charge in [0.15, 0.2) is 0 Å². The van der Waals surface area contributed by atoms with Crippen molar-refractivity contribution in [1.29, 1.82) is 0 Å². The number of aromatic hydroxyl groups is 1. The number of hydrogen-bond acceptors (Lipinski definition) is 1. The monoisotopic (exact) mass is 392 g/mol. The number of alkyl halides is 6. The topological polar surface area (TPSA) is 20.2 Å². The SMILES string of the molecule is Cl.Cl.Oc1cc(C(F)(F)F)cc(C(F)(F)F)c1.[Zr]. The zero-order valence-corrected chi connectivity index (χ0v) is 12.4. The van der Waals surface area contributed by atoms with E-state index in [9.17, 15) is 26.3 Å². The van der Waals surface area contributed by atoms with Crippen molar-refractivity contribution in [3.05, 3.63) is 29.3 Å². The molecule has 1 aromatic rings. The van der Waals surface area contributed by atoms with Crippen molar-refractivity contribution in [3.8, 4) is 5.75 Å². The van der Waals surface area contributed by atoms with Gasteiger partial charge in [0, 0.05) is 26.2 Å². The number of halogens is 8. The molecule has 0 radical (unpaired) electrons. The third-order valence-electron chi connectivity index (χ3n) is 1.57. The Kier molecular flexibility index (Phi) is 9.79. The maximum Gasteiger partial charge on any atom is 0.416 e. The van der Waals surface area contributed by atoms with E-state index in [1.54, 1.807) is 0 Å². The predicted octanol–water partition coefficient (Wildman–Crippen LogP) is 4.27. The van der Waals surface area contributed by atoms with Gasteiger partial charge in [-0.05, 0) is 18.2 Å². The number of phenols is 1. The van der Waals surface area contributed by atoms with Gasteiger partial charge in [-0.3, -0.25) is 0 Å². The fourth-order valence-electron chi connectivity index (χ4n) is 0.939. The summed E-state index contributed by atoms with van der Waals surface area (Å²) in [6.45, 7) is 0. The summed E-state index contributed by atoms with van der Waals surface area (Å²) in [6, 6.07) is 0.407. The summed E-state index contributed by atoms with van der Waals surface area (Å²) in [6.07, 6.45) is -9.84. The van der Waals surface area contributed by atoms with Gasteiger partial charge in [0.1, 0.15) is 5.75 Å². The van der Waals surface area contributed by atoms with Crippen molar-refractivity contribution >= 4 is 24.8 Å². The average Bonchev–Trinajstić information content (AvgIpc) is 1.99. The number of benzene rings is 1. The molecule has 0 saturated carbocycles. The van der Waals surface area contributed by atoms with Crippen LogP contribution in [0.2, 0.25) is 0 Å². The van der Waals surface area contributed by atoms with Gasteiger partial charge in [0.2, 0.25) is 0 Å². The molecule has 1 nitrogen and oxygen atoms in total. The van der Waals surface area contributed by atoms with Crippen molar-refractivity contribution < 1.29 is 57.7 Å². The number of rotatable bonds is 0. The molecular formula is C8H6Cl2F6OZr. The molecule has 10 heteroatoms. The van der Waals surface area contributed by atoms with Gasteiger partial charge in [-0.25, -0.2) is 0 Å². The van der Waals surface area contributed by atoms with Crippen LogP contribution in [0, 0.1) is 0 Å². The molecule has 18 heavy (non-hydrogen) atoms. The van der Waals surface area contributed by atoms with Gasteiger partial charge in [-0.15, -0.1) is 24.8 Å². The van der Waals surface area contributed by atoms with Crippen molar-refractivity contribution in [1.82, 2.24) is 0 Å². The predicted molar refractivity (Wildman–Crippen MR) is 52.6 cm³/mol. The van der Waals surface area contributed by atoms with Crippen LogP contribution in [-0.2, 0) is 38.6 Å². The number of hydrogen-bond donors (Lipinski definition) is 1. The molecule has 0 fully saturated rings. The standard InChI is InChI=1S/C8H4F6O.2ClH.Zr/c9-7(10,11)4-1-5(8(12,13)14)3-6(15)2-4;;;/h1-3,15H;2*1H;. The molecule has 0 aliphatic carbocycles. The van der Waals surface area contributed by atoms with Crippen molar-refractivity contribution in [2.45, 2.75) is 12.4 Å². The molecule has 1 rings (SSSR count). The molecule has 0 bridgehead atoms. The van der Waals surface area contributed by atoms with Crippen LogP contribution >= 0.6 is 24.8 Å². The van der Waals surface area contributed by atoms with E-state index in [0.29, 0.717) is 0 Å². The van der Waals surface area contributed by atoms with E-state index >= 15 is 0 Å². The average molecular weight is 394 g/mol. The number of phenolic OH excluding ortho intramolecular Hbond substituents is 1. The van der Waals surface area contributed by atoms with Gasteiger partial charge in [-0.1, -0.05) is 0 Å². The Balaban J connectivity index is -0.000000750. The van der Waals surface area contributed by atoms with Crippen LogP contribution in [0.3, 0.4) is 0 Å². The van der Waals surface area contributed by atoms with Crippen LogP contribution in [0.15, 0.2) is 18.2 Å². The smallest absolute Gasteiger partial charge is 0.416 e. The zero-order valence-electron chi connectivity index (χ0n) is 8.26. The van der Waals surface area contributed by atoms with Crippen molar-refractivity contribution in [2.75, 3.05) is 0 Å². The van der Waals surface area contributed by atoms with Crippen molar-refractivity contribution in [2.24, 2.45) is 0 Å². The second-order valence-electron chi connectivity index (χ2n) is 2.76. The molecule has 0 saturated heterocycles. The minimum atomic E-state index is -4.92. The first kappa shape index (κ1) is 23.2. The zero-order chi connectivity index (χ0) is 11.9. The van der Waals surface area contributed by atoms with Crippen LogP contribution < -0.4 is 0 Å². The third-order valence-corrected chi connectivity index (χ3v) is 1.57. The van der Waals surface area contributed by atoms with Gasteiger partial charge < -0.3 is 5.11 Å². The van der Waals surface area contributed by atoms with Gasteiger partial charge in [0.25, 0.3) is 0 Å². The maximum absolute atomic E-state index is 12.1. The summed E-state index contributed by atoms with van der Waals surface area (Å²) in [5, 5.41) is 8.72. The van der Waals surface area contributed by atoms with Gasteiger partial charge >= 0.3 is 12.4 Å². The molecule has 0 heterocycles. The first-order chi connectivity index (χ1) is 6.60. The molecule has 104 valence electrons. The van der Waals surface area contributed by atoms with E-state index in [0.717, 1.165) is 0 Å². The van der Waals surface area contributed by atoms with E-state index in [1.807, 2.05) is 0 Å². The van der Waals surface area contributed by atoms with E-state index in [1.165, 1.54) is 0 Å². The van der Waals surface area contributed by atoms with Crippen LogP contribution in [-0.4, -0.2) is 5.11 Å². The van der Waals surface area contributed by atoms with Gasteiger partial charge in [0.05, 0.1) is 11.1 Å². The fraction of sp³-hybridized carbons (Fsp3) is 0.250. The molecule has 0 spiro atoms. The Morgan fingerprint density at radius 3 is 1.22 bits per heavy atom. The Morgan fingerprint density at radius 2 is 1.00 bits per heavy atom. The largest absolute Gasteiger partial charge is 0.508 e. The summed E-state index contributed by atoms with van der Waals surface area (Å²) in [4.78, 5) is 0. The van der Waals surface area contributed by atoms with Crippen LogP contribution in [0.25, 0.3) is 0 Å². The molecule has 1 aromatic carbocycles. The second kappa shape index (κ2) is 7.60. The fourth-order valence-corrected chi connectivity index (χ4v) is 0.939. The summed E-state index contributed by atoms with van der Waals surface area (Å²) in [5.74, 6) is -1.07. The molecule has 0 aromatic heterocycles. The summed E-state index contributed by atoms with van der Waals surface area (Å²) < 4.78 is 72.3. The van der Waals surface area contributed by atoms with E-state index in [-0.39, 0.29) is 69.2 Å². The maximum atomic E-state index is 12.1. The summed E-state index contributed by atoms with van der Waals surface area (Å²) in [7, 11) is 0. The molecule has 1 N–H and O–H groups in total. The normalized spacial score (nSPS) is 10.8. The molecular weight excluding hydrogens is 388 g/mol. The quantitative estimate of drug-likeness (QED) is 0.652. The third kappa shape index (κ3) is 6.29. The first-order valence-electron chi connectivity index (χ1n) is 3.59. The van der Waals surface area contributed by atoms with E-state index < -0.39 is 29.2 Å². The van der Waals surface area contributed by atoms with E-state index in [4.69, 9.17) is 5.11 Å². The van der Waals surface area contributed by atoms with Gasteiger partial charge in [-0.2, -0.15) is 26.3 Å². The molecule has 0 atom stereocenters. The van der Waals surface area contributed by atoms with Crippen LogP contribution in [0.5, 0.6) is 5.75 Å².